The van der Waals surface area contributed by atoms with Crippen LogP contribution in [0.15, 0.2) is 60.7 Å². The Bertz CT molecular complexity index is 711. The Balaban J connectivity index is 1.46. The van der Waals surface area contributed by atoms with E-state index >= 15 is 0 Å². The Kier molecular flexibility index (Phi) is 3.30. The van der Waals surface area contributed by atoms with Crippen LogP contribution in [0, 0.1) is 0 Å². The van der Waals surface area contributed by atoms with Crippen LogP contribution in [-0.2, 0) is 0 Å². The second-order valence-corrected chi connectivity index (χ2v) is 6.18. The summed E-state index contributed by atoms with van der Waals surface area (Å²) in [5.74, 6) is 0.867. The first-order valence-electron chi connectivity index (χ1n) is 7.95. The molecule has 1 saturated carbocycles. The second kappa shape index (κ2) is 5.45. The number of hydrogen-bond donors (Lipinski definition) is 0. The van der Waals surface area contributed by atoms with Crippen molar-refractivity contribution in [2.75, 3.05) is 13.1 Å². The summed E-state index contributed by atoms with van der Waals surface area (Å²) in [6.45, 7) is 1.40. The monoisotopic (exact) mass is 289 g/mol. The van der Waals surface area contributed by atoms with Crippen molar-refractivity contribution in [3.8, 4) is 0 Å². The lowest BCUT2D eigenvalue weighted by atomic mass is 10.1. The van der Waals surface area contributed by atoms with Gasteiger partial charge in [-0.2, -0.15) is 0 Å². The van der Waals surface area contributed by atoms with E-state index in [2.05, 4.69) is 30.3 Å². The quantitative estimate of drug-likeness (QED) is 0.833. The fourth-order valence-electron chi connectivity index (χ4n) is 3.07. The minimum absolute atomic E-state index is 0.129. The molecule has 1 aliphatic heterocycles. The zero-order chi connectivity index (χ0) is 14.9. The molecule has 2 aliphatic rings. The molecule has 2 nitrogen and oxygen atoms in total. The molecule has 0 saturated heterocycles. The molecule has 0 atom stereocenters. The van der Waals surface area contributed by atoms with Gasteiger partial charge in [0.05, 0.1) is 0 Å². The number of hydrogen-bond acceptors (Lipinski definition) is 1. The normalized spacial score (nSPS) is 17.5. The summed E-state index contributed by atoms with van der Waals surface area (Å²) in [5.41, 5.74) is 4.62. The first-order chi connectivity index (χ1) is 10.8. The van der Waals surface area contributed by atoms with Gasteiger partial charge in [-0.25, -0.2) is 0 Å². The zero-order valence-corrected chi connectivity index (χ0v) is 12.5. The Labute approximate surface area is 131 Å². The minimum atomic E-state index is 0.129. The van der Waals surface area contributed by atoms with Gasteiger partial charge in [-0.05, 0) is 47.6 Å². The predicted octanol–water partition coefficient (Wildman–Crippen LogP) is 4.10. The number of nitrogens with zero attached hydrogens (tertiary/aromatic N) is 1. The van der Waals surface area contributed by atoms with Gasteiger partial charge < -0.3 is 4.90 Å². The molecule has 2 aromatic carbocycles. The molecule has 1 heterocycles. The Morgan fingerprint density at radius 3 is 2.36 bits per heavy atom. The highest BCUT2D eigenvalue weighted by atomic mass is 16.2. The van der Waals surface area contributed by atoms with E-state index in [-0.39, 0.29) is 5.91 Å². The average Bonchev–Trinajstić information content (AvgIpc) is 3.32. The third-order valence-electron chi connectivity index (χ3n) is 4.56. The van der Waals surface area contributed by atoms with Crippen LogP contribution >= 0.6 is 0 Å². The van der Waals surface area contributed by atoms with Crippen LogP contribution in [-0.4, -0.2) is 23.9 Å². The van der Waals surface area contributed by atoms with Crippen molar-refractivity contribution in [3.63, 3.8) is 0 Å². The van der Waals surface area contributed by atoms with E-state index in [4.69, 9.17) is 0 Å². The standard InChI is InChI=1S/C20H19NO/c22-20(18-10-8-17(9-11-18)16-6-7-16)21-13-12-19(14-21)15-4-2-1-3-5-15/h1-5,8-12,16H,6-7,13-14H2. The maximum absolute atomic E-state index is 12.6. The van der Waals surface area contributed by atoms with Crippen molar-refractivity contribution in [3.05, 3.63) is 77.4 Å². The minimum Gasteiger partial charge on any atom is -0.331 e. The molecule has 22 heavy (non-hydrogen) atoms. The van der Waals surface area contributed by atoms with Crippen molar-refractivity contribution in [1.29, 1.82) is 0 Å². The summed E-state index contributed by atoms with van der Waals surface area (Å²) in [4.78, 5) is 14.5. The molecule has 0 spiro atoms. The summed E-state index contributed by atoms with van der Waals surface area (Å²) in [6, 6.07) is 18.5. The summed E-state index contributed by atoms with van der Waals surface area (Å²) in [5, 5.41) is 0. The summed E-state index contributed by atoms with van der Waals surface area (Å²) >= 11 is 0. The molecule has 0 aromatic heterocycles. The summed E-state index contributed by atoms with van der Waals surface area (Å²) in [6.07, 6.45) is 4.75. The van der Waals surface area contributed by atoms with Crippen LogP contribution in [0.3, 0.4) is 0 Å². The molecule has 2 heteroatoms. The van der Waals surface area contributed by atoms with Crippen LogP contribution < -0.4 is 0 Å². The Morgan fingerprint density at radius 2 is 1.68 bits per heavy atom. The number of carbonyl (C=O) groups is 1. The fraction of sp³-hybridized carbons (Fsp3) is 0.250. The number of carbonyl (C=O) groups excluding carboxylic acids is 1. The third kappa shape index (κ3) is 2.57. The highest BCUT2D eigenvalue weighted by Crippen LogP contribution is 2.40. The molecule has 0 N–H and O–H groups in total. The van der Waals surface area contributed by atoms with Gasteiger partial charge in [-0.15, -0.1) is 0 Å². The van der Waals surface area contributed by atoms with Gasteiger partial charge in [-0.3, -0.25) is 4.79 Å². The summed E-state index contributed by atoms with van der Waals surface area (Å²) < 4.78 is 0. The van der Waals surface area contributed by atoms with Crippen molar-refractivity contribution in [2.24, 2.45) is 0 Å². The second-order valence-electron chi connectivity index (χ2n) is 6.18. The van der Waals surface area contributed by atoms with Crippen molar-refractivity contribution in [2.45, 2.75) is 18.8 Å². The van der Waals surface area contributed by atoms with Gasteiger partial charge in [0.25, 0.3) is 5.91 Å². The molecule has 4 rings (SSSR count). The largest absolute Gasteiger partial charge is 0.331 e. The van der Waals surface area contributed by atoms with E-state index in [0.29, 0.717) is 13.1 Å². The molecule has 2 aromatic rings. The fourth-order valence-corrected chi connectivity index (χ4v) is 3.07. The molecule has 0 unspecified atom stereocenters. The van der Waals surface area contributed by atoms with Crippen molar-refractivity contribution >= 4 is 11.5 Å². The van der Waals surface area contributed by atoms with E-state index in [1.54, 1.807) is 0 Å². The Morgan fingerprint density at radius 1 is 0.955 bits per heavy atom. The van der Waals surface area contributed by atoms with E-state index < -0.39 is 0 Å². The van der Waals surface area contributed by atoms with E-state index in [9.17, 15) is 4.79 Å². The Hall–Kier alpha value is -2.35. The lowest BCUT2D eigenvalue weighted by Gasteiger charge is -2.17. The molecular formula is C20H19NO. The first kappa shape index (κ1) is 13.3. The van der Waals surface area contributed by atoms with Crippen LogP contribution in [0.1, 0.15) is 40.2 Å². The lowest BCUT2D eigenvalue weighted by molar-refractivity contribution is 0.0801. The molecular weight excluding hydrogens is 270 g/mol. The SMILES string of the molecule is O=C(c1ccc(C2CC2)cc1)N1CC=C(c2ccccc2)C1. The van der Waals surface area contributed by atoms with Crippen molar-refractivity contribution < 1.29 is 4.79 Å². The highest BCUT2D eigenvalue weighted by molar-refractivity contribution is 5.96. The van der Waals surface area contributed by atoms with Crippen LogP contribution in [0.5, 0.6) is 0 Å². The van der Waals surface area contributed by atoms with Crippen LogP contribution in [0.2, 0.25) is 0 Å². The zero-order valence-electron chi connectivity index (χ0n) is 12.5. The number of amides is 1. The maximum atomic E-state index is 12.6. The molecule has 1 aliphatic carbocycles. The van der Waals surface area contributed by atoms with Crippen LogP contribution in [0.4, 0.5) is 0 Å². The topological polar surface area (TPSA) is 20.3 Å². The first-order valence-corrected chi connectivity index (χ1v) is 7.95. The van der Waals surface area contributed by atoms with Gasteiger partial charge in [0, 0.05) is 18.7 Å². The summed E-state index contributed by atoms with van der Waals surface area (Å²) in [7, 11) is 0. The maximum Gasteiger partial charge on any atom is 0.254 e. The van der Waals surface area contributed by atoms with Gasteiger partial charge in [0.15, 0.2) is 0 Å². The van der Waals surface area contributed by atoms with E-state index in [1.807, 2.05) is 35.2 Å². The lowest BCUT2D eigenvalue weighted by Crippen LogP contribution is -2.28. The smallest absolute Gasteiger partial charge is 0.254 e. The van der Waals surface area contributed by atoms with Gasteiger partial charge in [-0.1, -0.05) is 48.5 Å². The van der Waals surface area contributed by atoms with Gasteiger partial charge >= 0.3 is 0 Å². The number of benzene rings is 2. The average molecular weight is 289 g/mol. The van der Waals surface area contributed by atoms with Gasteiger partial charge in [0.2, 0.25) is 0 Å². The number of rotatable bonds is 3. The van der Waals surface area contributed by atoms with Crippen LogP contribution in [0.25, 0.3) is 5.57 Å². The molecule has 0 bridgehead atoms. The highest BCUT2D eigenvalue weighted by Gasteiger charge is 2.25. The van der Waals surface area contributed by atoms with E-state index in [1.165, 1.54) is 29.5 Å². The molecule has 0 radical (unpaired) electrons. The van der Waals surface area contributed by atoms with Crippen molar-refractivity contribution in [1.82, 2.24) is 4.90 Å². The molecule has 110 valence electrons. The van der Waals surface area contributed by atoms with Gasteiger partial charge in [0.1, 0.15) is 0 Å². The molecule has 1 fully saturated rings. The molecule has 1 amide bonds. The third-order valence-corrected chi connectivity index (χ3v) is 4.56. The van der Waals surface area contributed by atoms with E-state index in [0.717, 1.165) is 11.5 Å². The predicted molar refractivity (Wildman–Crippen MR) is 88.7 cm³/mol.